The van der Waals surface area contributed by atoms with Crippen molar-refractivity contribution >= 4 is 0 Å². The van der Waals surface area contributed by atoms with Crippen molar-refractivity contribution in [2.75, 3.05) is 157 Å². The SMILES string of the molecule is CCCCCCCC/C=C\CCCCCCCCN(CCCN)CCOCCOCCN(CCCN)CCCCCCCC/C=C\CCCCCCCC.CCCCCCCCCCCCCCC(C)N(CCCCN(CC(C)CN)C(C)CCCCCCCCCCCCCC)CC(C)CN.CCCCCCCCCCCCCCC(C)N(CCCCN(CC(C)CN)C(C)CCCCCCCCCCCCCC)CC(C)CN. The van der Waals surface area contributed by atoms with Gasteiger partial charge in [0.25, 0.3) is 0 Å². The van der Waals surface area contributed by atoms with Gasteiger partial charge in [0, 0.05) is 63.4 Å². The van der Waals surface area contributed by atoms with E-state index in [2.05, 4.69) is 151 Å². The van der Waals surface area contributed by atoms with Crippen LogP contribution in [0.15, 0.2) is 24.3 Å². The Balaban J connectivity index is -0.00000217. The third kappa shape index (κ3) is 116. The fraction of sp³-hybridized carbons (Fsp3) is 0.971. The van der Waals surface area contributed by atoms with Crippen molar-refractivity contribution < 1.29 is 9.47 Å². The van der Waals surface area contributed by atoms with Crippen LogP contribution in [0.1, 0.15) is 649 Å². The van der Waals surface area contributed by atoms with Gasteiger partial charge in [-0.25, -0.2) is 0 Å². The molecule has 150 heavy (non-hydrogen) atoms. The van der Waals surface area contributed by atoms with E-state index in [-0.39, 0.29) is 0 Å². The molecule has 0 aliphatic heterocycles. The molecule has 0 aliphatic rings. The molecule has 0 amide bonds. The summed E-state index contributed by atoms with van der Waals surface area (Å²) in [5.74, 6) is 2.30. The van der Waals surface area contributed by atoms with Gasteiger partial charge in [-0.3, -0.25) is 0 Å². The topological polar surface area (TPSA) is 194 Å². The van der Waals surface area contributed by atoms with Gasteiger partial charge < -0.3 is 73.3 Å². The Labute approximate surface area is 945 Å². The summed E-state index contributed by atoms with van der Waals surface area (Å²) < 4.78 is 12.0. The molecular formula is C136H286N12O2. The third-order valence-corrected chi connectivity index (χ3v) is 33.3. The van der Waals surface area contributed by atoms with Gasteiger partial charge in [0.15, 0.2) is 0 Å². The number of hydrogen-bond donors (Lipinski definition) is 6. The van der Waals surface area contributed by atoms with Gasteiger partial charge in [0.2, 0.25) is 0 Å². The summed E-state index contributed by atoms with van der Waals surface area (Å²) in [6.07, 6.45) is 129. The molecule has 0 bridgehead atoms. The van der Waals surface area contributed by atoms with E-state index < -0.39 is 0 Å². The van der Waals surface area contributed by atoms with Gasteiger partial charge in [-0.1, -0.05) is 517 Å². The second-order valence-electron chi connectivity index (χ2n) is 48.9. The van der Waals surface area contributed by atoms with Crippen molar-refractivity contribution in [3.63, 3.8) is 0 Å². The van der Waals surface area contributed by atoms with E-state index in [1.807, 2.05) is 0 Å². The molecule has 12 N–H and O–H groups in total. The largest absolute Gasteiger partial charge is 0.378 e. The zero-order valence-corrected chi connectivity index (χ0v) is 106. The lowest BCUT2D eigenvalue weighted by molar-refractivity contribution is 0.0307. The van der Waals surface area contributed by atoms with E-state index in [9.17, 15) is 0 Å². The minimum Gasteiger partial charge on any atom is -0.378 e. The Hall–Kier alpha value is -1.08. The molecule has 0 rings (SSSR count). The normalized spacial score (nSPS) is 13.7. The molecule has 8 unspecified atom stereocenters. The summed E-state index contributed by atoms with van der Waals surface area (Å²) in [6.45, 7) is 56.6. The van der Waals surface area contributed by atoms with Crippen LogP contribution in [0.5, 0.6) is 0 Å². The monoisotopic (exact) mass is 2120 g/mol. The van der Waals surface area contributed by atoms with Gasteiger partial charge in [-0.05, 0) is 271 Å². The van der Waals surface area contributed by atoms with Crippen LogP contribution in [0.4, 0.5) is 0 Å². The smallest absolute Gasteiger partial charge is 0.0701 e. The standard InChI is InChI=1S/C48H98N4O2.2C44H94N4/c1-3-5-7-9-11-13-15-17-19-21-23-25-27-29-31-33-39-51(41-35-37-49)43-45-53-47-48-54-46-44-52(42-36-38-50)40-34-32-30-28-26-24-22-20-18-16-14-12-10-8-6-4-2;2*1-7-9-11-13-15-17-19-21-23-25-27-29-33-43(5)47(39-41(3)37-45)35-31-32-36-48(40-42(4)38-46)44(6)34-30-28-26-24-22-20-18-16-14-12-10-8-2/h17-20H,3-16,21-50H2,1-2H3;2*41-44H,7-40,45-46H2,1-6H3/b19-17-,20-18-;;. The predicted octanol–water partition coefficient (Wildman–Crippen LogP) is 37.4. The quantitative estimate of drug-likeness (QED) is 0.0249. The zero-order valence-electron chi connectivity index (χ0n) is 106. The van der Waals surface area contributed by atoms with Crippen LogP contribution in [-0.2, 0) is 9.47 Å². The van der Waals surface area contributed by atoms with E-state index in [0.717, 1.165) is 131 Å². The number of allylic oxidation sites excluding steroid dienone is 4. The van der Waals surface area contributed by atoms with Crippen LogP contribution in [0.3, 0.4) is 0 Å². The maximum absolute atomic E-state index is 6.09. The second kappa shape index (κ2) is 130. The second-order valence-corrected chi connectivity index (χ2v) is 48.9. The van der Waals surface area contributed by atoms with Gasteiger partial charge in [0.05, 0.1) is 26.4 Å². The lowest BCUT2D eigenvalue weighted by Gasteiger charge is -2.33. The number of ether oxygens (including phenoxy) is 2. The highest BCUT2D eigenvalue weighted by molar-refractivity contribution is 4.84. The lowest BCUT2D eigenvalue weighted by atomic mass is 10.0. The van der Waals surface area contributed by atoms with Gasteiger partial charge >= 0.3 is 0 Å². The molecule has 0 aliphatic carbocycles. The lowest BCUT2D eigenvalue weighted by Crippen LogP contribution is -2.40. The van der Waals surface area contributed by atoms with Crippen molar-refractivity contribution in [2.45, 2.75) is 673 Å². The van der Waals surface area contributed by atoms with Gasteiger partial charge in [-0.2, -0.15) is 0 Å². The van der Waals surface area contributed by atoms with E-state index in [1.165, 1.54) is 566 Å². The molecule has 0 heterocycles. The van der Waals surface area contributed by atoms with Crippen LogP contribution in [0.2, 0.25) is 0 Å². The number of nitrogens with two attached hydrogens (primary N) is 6. The van der Waals surface area contributed by atoms with Crippen molar-refractivity contribution in [1.29, 1.82) is 0 Å². The molecule has 0 saturated carbocycles. The molecule has 0 saturated heterocycles. The molecule has 0 aromatic heterocycles. The average molecular weight is 2120 g/mol. The van der Waals surface area contributed by atoms with Crippen molar-refractivity contribution in [2.24, 2.45) is 58.1 Å². The number of hydrogen-bond acceptors (Lipinski definition) is 14. The van der Waals surface area contributed by atoms with Crippen molar-refractivity contribution in [1.82, 2.24) is 29.4 Å². The van der Waals surface area contributed by atoms with Crippen LogP contribution in [-0.4, -0.2) is 211 Å². The molecule has 14 heteroatoms. The average Bonchev–Trinajstić information content (AvgIpc) is 0.913. The Morgan fingerprint density at radius 3 is 0.493 bits per heavy atom. The zero-order chi connectivity index (χ0) is 110. The fourth-order valence-corrected chi connectivity index (χ4v) is 22.2. The first-order valence-corrected chi connectivity index (χ1v) is 68.6. The van der Waals surface area contributed by atoms with Crippen LogP contribution in [0, 0.1) is 23.7 Å². The van der Waals surface area contributed by atoms with Gasteiger partial charge in [-0.15, -0.1) is 0 Å². The molecule has 0 radical (unpaired) electrons. The minimum atomic E-state index is 0.576. The Kier molecular flexibility index (Phi) is 132. The molecule has 0 fully saturated rings. The summed E-state index contributed by atoms with van der Waals surface area (Å²) in [5.41, 5.74) is 36.0. The summed E-state index contributed by atoms with van der Waals surface area (Å²) >= 11 is 0. The fourth-order valence-electron chi connectivity index (χ4n) is 22.2. The molecular weight excluding hydrogens is 1830 g/mol. The van der Waals surface area contributed by atoms with E-state index in [1.54, 1.807) is 0 Å². The minimum absolute atomic E-state index is 0.576. The highest BCUT2D eigenvalue weighted by Crippen LogP contribution is 2.26. The number of rotatable bonds is 125. The molecule has 0 aromatic carbocycles. The van der Waals surface area contributed by atoms with Crippen molar-refractivity contribution in [3.8, 4) is 0 Å². The van der Waals surface area contributed by atoms with E-state index in [0.29, 0.717) is 61.1 Å². The third-order valence-electron chi connectivity index (χ3n) is 33.3. The summed E-state index contributed by atoms with van der Waals surface area (Å²) in [6, 6.07) is 2.67. The Morgan fingerprint density at radius 1 is 0.167 bits per heavy atom. The maximum atomic E-state index is 6.09. The highest BCUT2D eigenvalue weighted by atomic mass is 16.5. The predicted molar refractivity (Wildman–Crippen MR) is 679 cm³/mol. The molecule has 0 spiro atoms. The van der Waals surface area contributed by atoms with Crippen LogP contribution in [0.25, 0.3) is 0 Å². The first-order chi connectivity index (χ1) is 73.6. The number of nitrogens with zero attached hydrogens (tertiary/aromatic N) is 6. The maximum Gasteiger partial charge on any atom is 0.0701 e. The summed E-state index contributed by atoms with van der Waals surface area (Å²) in [5, 5.41) is 0. The molecule has 14 nitrogen and oxygen atoms in total. The van der Waals surface area contributed by atoms with Gasteiger partial charge in [0.1, 0.15) is 0 Å². The molecule has 8 atom stereocenters. The van der Waals surface area contributed by atoms with Crippen molar-refractivity contribution in [3.05, 3.63) is 24.3 Å². The summed E-state index contributed by atoms with van der Waals surface area (Å²) in [7, 11) is 0. The van der Waals surface area contributed by atoms with E-state index in [4.69, 9.17) is 43.9 Å². The van der Waals surface area contributed by atoms with Crippen LogP contribution < -0.4 is 34.4 Å². The number of unbranched alkanes of at least 4 members (excludes halogenated alkanes) is 70. The first-order valence-electron chi connectivity index (χ1n) is 68.6. The highest BCUT2D eigenvalue weighted by Gasteiger charge is 2.23. The van der Waals surface area contributed by atoms with Crippen LogP contribution >= 0.6 is 0 Å². The molecule has 902 valence electrons. The Bertz CT molecular complexity index is 2210. The van der Waals surface area contributed by atoms with E-state index >= 15 is 0 Å². The Morgan fingerprint density at radius 2 is 0.320 bits per heavy atom. The summed E-state index contributed by atoms with van der Waals surface area (Å²) in [4.78, 5) is 16.2. The molecule has 0 aromatic rings. The first kappa shape index (κ1) is 153.